The summed E-state index contributed by atoms with van der Waals surface area (Å²) in [5.41, 5.74) is 5.80. The lowest BCUT2D eigenvalue weighted by molar-refractivity contribution is -0.136. The molecule has 4 N–H and O–H groups in total. The highest BCUT2D eigenvalue weighted by atomic mass is 32.2. The minimum atomic E-state index is -3.52. The van der Waals surface area contributed by atoms with Crippen molar-refractivity contribution in [3.8, 4) is 0 Å². The Bertz CT molecular complexity index is 341. The van der Waals surface area contributed by atoms with E-state index in [2.05, 4.69) is 4.72 Å². The minimum absolute atomic E-state index is 0.159. The van der Waals surface area contributed by atoms with E-state index in [1.54, 1.807) is 0 Å². The Balaban J connectivity index is 2.47. The molecule has 1 rings (SSSR count). The summed E-state index contributed by atoms with van der Waals surface area (Å²) in [6.07, 6.45) is 3.14. The summed E-state index contributed by atoms with van der Waals surface area (Å²) in [6, 6.07) is -0.402. The first-order valence-corrected chi connectivity index (χ1v) is 7.03. The van der Waals surface area contributed by atoms with Crippen LogP contribution < -0.4 is 10.5 Å². The normalized spacial score (nSPS) is 26.6. The SMILES string of the molecule is N[C@@H]1CCCC[C@H]1NS(=O)(=O)CCC(=O)O. The van der Waals surface area contributed by atoms with E-state index in [-0.39, 0.29) is 24.3 Å². The van der Waals surface area contributed by atoms with Crippen LogP contribution >= 0.6 is 0 Å². The molecule has 16 heavy (non-hydrogen) atoms. The molecule has 1 fully saturated rings. The van der Waals surface area contributed by atoms with Crippen molar-refractivity contribution >= 4 is 16.0 Å². The monoisotopic (exact) mass is 250 g/mol. The molecule has 0 amide bonds. The fourth-order valence-electron chi connectivity index (χ4n) is 1.82. The lowest BCUT2D eigenvalue weighted by Crippen LogP contribution is -2.49. The van der Waals surface area contributed by atoms with Crippen LogP contribution in [0.3, 0.4) is 0 Å². The van der Waals surface area contributed by atoms with Crippen molar-refractivity contribution in [1.82, 2.24) is 4.72 Å². The maximum absolute atomic E-state index is 11.5. The van der Waals surface area contributed by atoms with E-state index in [0.717, 1.165) is 25.7 Å². The van der Waals surface area contributed by atoms with Crippen LogP contribution in [0.25, 0.3) is 0 Å². The second-order valence-electron chi connectivity index (χ2n) is 4.14. The lowest BCUT2D eigenvalue weighted by atomic mass is 9.92. The van der Waals surface area contributed by atoms with Crippen LogP contribution in [0.15, 0.2) is 0 Å². The van der Waals surface area contributed by atoms with Gasteiger partial charge in [0.2, 0.25) is 10.0 Å². The van der Waals surface area contributed by atoms with E-state index in [9.17, 15) is 13.2 Å². The Hall–Kier alpha value is -0.660. The molecule has 2 atom stereocenters. The second-order valence-corrected chi connectivity index (χ2v) is 6.01. The molecule has 0 aromatic heterocycles. The third-order valence-electron chi connectivity index (χ3n) is 2.74. The van der Waals surface area contributed by atoms with Gasteiger partial charge in [-0.2, -0.15) is 0 Å². The Morgan fingerprint density at radius 3 is 2.56 bits per heavy atom. The number of nitrogens with one attached hydrogen (secondary N) is 1. The molecule has 0 aromatic rings. The summed E-state index contributed by atoms with van der Waals surface area (Å²) in [5.74, 6) is -1.50. The third-order valence-corrected chi connectivity index (χ3v) is 4.14. The molecule has 0 bridgehead atoms. The molecule has 0 spiro atoms. The van der Waals surface area contributed by atoms with Crippen LogP contribution in [0.2, 0.25) is 0 Å². The highest BCUT2D eigenvalue weighted by molar-refractivity contribution is 7.89. The Morgan fingerprint density at radius 2 is 2.00 bits per heavy atom. The van der Waals surface area contributed by atoms with Gasteiger partial charge < -0.3 is 10.8 Å². The number of carboxylic acid groups (broad SMARTS) is 1. The van der Waals surface area contributed by atoms with Crippen LogP contribution in [-0.2, 0) is 14.8 Å². The topological polar surface area (TPSA) is 109 Å². The van der Waals surface area contributed by atoms with E-state index >= 15 is 0 Å². The fourth-order valence-corrected chi connectivity index (χ4v) is 3.13. The largest absolute Gasteiger partial charge is 0.481 e. The van der Waals surface area contributed by atoms with Crippen molar-refractivity contribution in [3.63, 3.8) is 0 Å². The Kier molecular flexibility index (Phi) is 4.69. The number of hydrogen-bond donors (Lipinski definition) is 3. The van der Waals surface area contributed by atoms with Crippen molar-refractivity contribution in [2.24, 2.45) is 5.73 Å². The molecule has 0 heterocycles. The third kappa shape index (κ3) is 4.46. The van der Waals surface area contributed by atoms with Gasteiger partial charge in [0.25, 0.3) is 0 Å². The van der Waals surface area contributed by atoms with Crippen molar-refractivity contribution in [3.05, 3.63) is 0 Å². The van der Waals surface area contributed by atoms with E-state index in [0.29, 0.717) is 0 Å². The zero-order valence-electron chi connectivity index (χ0n) is 9.05. The maximum Gasteiger partial charge on any atom is 0.304 e. The number of carboxylic acids is 1. The predicted octanol–water partition coefficient (Wildman–Crippen LogP) is -0.350. The number of carbonyl (C=O) groups is 1. The maximum atomic E-state index is 11.5. The molecular formula is C9H18N2O4S. The summed E-state index contributed by atoms with van der Waals surface area (Å²) < 4.78 is 25.5. The first kappa shape index (κ1) is 13.4. The molecule has 94 valence electrons. The molecule has 1 saturated carbocycles. The molecule has 0 aliphatic heterocycles. The van der Waals surface area contributed by atoms with Crippen molar-refractivity contribution < 1.29 is 18.3 Å². The summed E-state index contributed by atoms with van der Waals surface area (Å²) in [6.45, 7) is 0. The van der Waals surface area contributed by atoms with Gasteiger partial charge in [0.05, 0.1) is 12.2 Å². The van der Waals surface area contributed by atoms with Gasteiger partial charge in [-0.15, -0.1) is 0 Å². The summed E-state index contributed by atoms with van der Waals surface area (Å²) in [4.78, 5) is 10.3. The highest BCUT2D eigenvalue weighted by Crippen LogP contribution is 2.17. The Morgan fingerprint density at radius 1 is 1.38 bits per heavy atom. The van der Waals surface area contributed by atoms with E-state index in [1.807, 2.05) is 0 Å². The van der Waals surface area contributed by atoms with E-state index < -0.39 is 16.0 Å². The second kappa shape index (κ2) is 5.60. The van der Waals surface area contributed by atoms with Crippen LogP contribution in [-0.4, -0.2) is 37.3 Å². The zero-order valence-corrected chi connectivity index (χ0v) is 9.87. The summed E-state index contributed by atoms with van der Waals surface area (Å²) in [7, 11) is -3.52. The van der Waals surface area contributed by atoms with Gasteiger partial charge >= 0.3 is 5.97 Å². The van der Waals surface area contributed by atoms with Gasteiger partial charge in [-0.3, -0.25) is 4.79 Å². The number of sulfonamides is 1. The molecule has 0 unspecified atom stereocenters. The van der Waals surface area contributed by atoms with Gasteiger partial charge in [0, 0.05) is 12.1 Å². The molecule has 1 aliphatic rings. The van der Waals surface area contributed by atoms with Crippen molar-refractivity contribution in [2.75, 3.05) is 5.75 Å². The molecular weight excluding hydrogens is 232 g/mol. The first-order valence-electron chi connectivity index (χ1n) is 5.38. The fraction of sp³-hybridized carbons (Fsp3) is 0.889. The van der Waals surface area contributed by atoms with Crippen LogP contribution in [0, 0.1) is 0 Å². The highest BCUT2D eigenvalue weighted by Gasteiger charge is 2.26. The van der Waals surface area contributed by atoms with Crippen molar-refractivity contribution in [1.29, 1.82) is 0 Å². The number of nitrogens with two attached hydrogens (primary N) is 1. The van der Waals surface area contributed by atoms with Gasteiger partial charge in [-0.05, 0) is 12.8 Å². The summed E-state index contributed by atoms with van der Waals surface area (Å²) in [5, 5.41) is 8.42. The zero-order chi connectivity index (χ0) is 12.2. The van der Waals surface area contributed by atoms with Gasteiger partial charge in [-0.1, -0.05) is 12.8 Å². The average molecular weight is 250 g/mol. The first-order chi connectivity index (χ1) is 7.41. The van der Waals surface area contributed by atoms with Gasteiger partial charge in [0.15, 0.2) is 0 Å². The van der Waals surface area contributed by atoms with E-state index in [1.165, 1.54) is 0 Å². The Labute approximate surface area is 95.3 Å². The minimum Gasteiger partial charge on any atom is -0.481 e. The number of rotatable bonds is 5. The molecule has 1 aliphatic carbocycles. The number of aliphatic carboxylic acids is 1. The van der Waals surface area contributed by atoms with Crippen LogP contribution in [0.5, 0.6) is 0 Å². The van der Waals surface area contributed by atoms with Crippen LogP contribution in [0.4, 0.5) is 0 Å². The van der Waals surface area contributed by atoms with Gasteiger partial charge in [-0.25, -0.2) is 13.1 Å². The van der Waals surface area contributed by atoms with Crippen LogP contribution in [0.1, 0.15) is 32.1 Å². The quantitative estimate of drug-likeness (QED) is 0.618. The summed E-state index contributed by atoms with van der Waals surface area (Å²) >= 11 is 0. The lowest BCUT2D eigenvalue weighted by Gasteiger charge is -2.28. The predicted molar refractivity (Wildman–Crippen MR) is 59.4 cm³/mol. The molecule has 0 radical (unpaired) electrons. The molecule has 6 nitrogen and oxygen atoms in total. The smallest absolute Gasteiger partial charge is 0.304 e. The standard InChI is InChI=1S/C9H18N2O4S/c10-7-3-1-2-4-8(7)11-16(14,15)6-5-9(12)13/h7-8,11H,1-6,10H2,(H,12,13)/t7-,8-/m1/s1. The average Bonchev–Trinajstić information content (AvgIpc) is 2.19. The molecule has 0 aromatic carbocycles. The van der Waals surface area contributed by atoms with Crippen molar-refractivity contribution in [2.45, 2.75) is 44.2 Å². The number of hydrogen-bond acceptors (Lipinski definition) is 4. The van der Waals surface area contributed by atoms with E-state index in [4.69, 9.17) is 10.8 Å². The van der Waals surface area contributed by atoms with Gasteiger partial charge in [0.1, 0.15) is 0 Å². The molecule has 7 heteroatoms. The molecule has 0 saturated heterocycles.